The zero-order valence-corrected chi connectivity index (χ0v) is 10.9. The summed E-state index contributed by atoms with van der Waals surface area (Å²) >= 11 is 0. The lowest BCUT2D eigenvalue weighted by atomic mass is 10.1. The highest BCUT2D eigenvalue weighted by molar-refractivity contribution is 5.60. The lowest BCUT2D eigenvalue weighted by molar-refractivity contribution is 0.343. The highest BCUT2D eigenvalue weighted by Crippen LogP contribution is 2.10. The predicted octanol–water partition coefficient (Wildman–Crippen LogP) is 3.40. The summed E-state index contributed by atoms with van der Waals surface area (Å²) in [7, 11) is 0. The molecule has 0 saturated heterocycles. The number of benzene rings is 2. The van der Waals surface area contributed by atoms with Crippen LogP contribution in [0.5, 0.6) is 0 Å². The van der Waals surface area contributed by atoms with Gasteiger partial charge in [0, 0.05) is 11.1 Å². The molecule has 0 fully saturated rings. The SMILES string of the molecule is Cc1ccccc1C#Cc1ccccc1C=CCO. The lowest BCUT2D eigenvalue weighted by Crippen LogP contribution is -1.84. The van der Waals surface area contributed by atoms with Crippen molar-refractivity contribution in [3.63, 3.8) is 0 Å². The van der Waals surface area contributed by atoms with Crippen LogP contribution in [-0.4, -0.2) is 11.7 Å². The Labute approximate surface area is 114 Å². The van der Waals surface area contributed by atoms with Gasteiger partial charge in [0.05, 0.1) is 6.61 Å². The van der Waals surface area contributed by atoms with Gasteiger partial charge in [-0.15, -0.1) is 0 Å². The molecule has 0 unspecified atom stereocenters. The van der Waals surface area contributed by atoms with Gasteiger partial charge in [-0.1, -0.05) is 60.4 Å². The van der Waals surface area contributed by atoms with Crippen LogP contribution >= 0.6 is 0 Å². The first-order valence-corrected chi connectivity index (χ1v) is 6.25. The quantitative estimate of drug-likeness (QED) is 0.808. The van der Waals surface area contributed by atoms with Crippen molar-refractivity contribution in [2.24, 2.45) is 0 Å². The first-order chi connectivity index (χ1) is 9.31. The van der Waals surface area contributed by atoms with Gasteiger partial charge in [0.2, 0.25) is 0 Å². The highest BCUT2D eigenvalue weighted by Gasteiger charge is 1.95. The summed E-state index contributed by atoms with van der Waals surface area (Å²) in [5, 5.41) is 8.84. The van der Waals surface area contributed by atoms with Crippen LogP contribution in [0.3, 0.4) is 0 Å². The van der Waals surface area contributed by atoms with Crippen molar-refractivity contribution >= 4 is 6.08 Å². The van der Waals surface area contributed by atoms with Crippen molar-refractivity contribution in [3.05, 3.63) is 76.9 Å². The van der Waals surface area contributed by atoms with Crippen LogP contribution in [0.15, 0.2) is 54.6 Å². The van der Waals surface area contributed by atoms with E-state index in [9.17, 15) is 0 Å². The van der Waals surface area contributed by atoms with E-state index in [1.807, 2.05) is 48.5 Å². The average molecular weight is 248 g/mol. The predicted molar refractivity (Wildman–Crippen MR) is 79.7 cm³/mol. The first-order valence-electron chi connectivity index (χ1n) is 6.25. The molecule has 0 spiro atoms. The number of hydrogen-bond acceptors (Lipinski definition) is 1. The fraction of sp³-hybridized carbons (Fsp3) is 0.111. The van der Waals surface area contributed by atoms with E-state index in [1.54, 1.807) is 6.08 Å². The third-order valence-corrected chi connectivity index (χ3v) is 2.84. The second kappa shape index (κ2) is 6.58. The molecule has 2 aromatic carbocycles. The Morgan fingerprint density at radius 1 is 0.947 bits per heavy atom. The van der Waals surface area contributed by atoms with Crippen LogP contribution in [-0.2, 0) is 0 Å². The van der Waals surface area contributed by atoms with Gasteiger partial charge in [0.25, 0.3) is 0 Å². The van der Waals surface area contributed by atoms with Crippen molar-refractivity contribution in [2.75, 3.05) is 6.61 Å². The van der Waals surface area contributed by atoms with Crippen LogP contribution in [0.2, 0.25) is 0 Å². The maximum absolute atomic E-state index is 8.84. The summed E-state index contributed by atoms with van der Waals surface area (Å²) in [5.41, 5.74) is 4.22. The van der Waals surface area contributed by atoms with E-state index < -0.39 is 0 Å². The fourth-order valence-corrected chi connectivity index (χ4v) is 1.78. The minimum atomic E-state index is 0.0412. The normalized spacial score (nSPS) is 10.2. The number of rotatable bonds is 2. The van der Waals surface area contributed by atoms with Gasteiger partial charge in [-0.05, 0) is 30.2 Å². The molecule has 2 rings (SSSR count). The van der Waals surface area contributed by atoms with Crippen molar-refractivity contribution in [1.29, 1.82) is 0 Å². The van der Waals surface area contributed by atoms with E-state index in [-0.39, 0.29) is 6.61 Å². The molecule has 0 radical (unpaired) electrons. The third kappa shape index (κ3) is 3.58. The number of hydrogen-bond donors (Lipinski definition) is 1. The first kappa shape index (κ1) is 13.1. The summed E-state index contributed by atoms with van der Waals surface area (Å²) in [4.78, 5) is 0. The van der Waals surface area contributed by atoms with E-state index in [1.165, 1.54) is 5.56 Å². The van der Waals surface area contributed by atoms with Crippen molar-refractivity contribution in [3.8, 4) is 11.8 Å². The molecule has 94 valence electrons. The molecule has 0 aliphatic heterocycles. The van der Waals surface area contributed by atoms with Gasteiger partial charge in [0.1, 0.15) is 0 Å². The molecule has 1 nitrogen and oxygen atoms in total. The summed E-state index contributed by atoms with van der Waals surface area (Å²) < 4.78 is 0. The Kier molecular flexibility index (Phi) is 4.55. The molecule has 0 aliphatic rings. The molecule has 0 bridgehead atoms. The van der Waals surface area contributed by atoms with Gasteiger partial charge in [-0.3, -0.25) is 0 Å². The molecule has 0 atom stereocenters. The second-order valence-corrected chi connectivity index (χ2v) is 4.24. The monoisotopic (exact) mass is 248 g/mol. The summed E-state index contributed by atoms with van der Waals surface area (Å²) in [5.74, 6) is 6.40. The number of aliphatic hydroxyl groups excluding tert-OH is 1. The Morgan fingerprint density at radius 3 is 2.32 bits per heavy atom. The summed E-state index contributed by atoms with van der Waals surface area (Å²) in [6.45, 7) is 2.10. The summed E-state index contributed by atoms with van der Waals surface area (Å²) in [6.07, 6.45) is 3.61. The maximum atomic E-state index is 8.84. The Bertz CT molecular complexity index is 642. The highest BCUT2D eigenvalue weighted by atomic mass is 16.2. The van der Waals surface area contributed by atoms with Crippen LogP contribution in [0, 0.1) is 18.8 Å². The van der Waals surface area contributed by atoms with Crippen molar-refractivity contribution in [2.45, 2.75) is 6.92 Å². The molecule has 1 heteroatoms. The van der Waals surface area contributed by atoms with Crippen molar-refractivity contribution in [1.82, 2.24) is 0 Å². The third-order valence-electron chi connectivity index (χ3n) is 2.84. The molecule has 0 amide bonds. The Morgan fingerprint density at radius 2 is 1.58 bits per heavy atom. The smallest absolute Gasteiger partial charge is 0.0615 e. The molecule has 19 heavy (non-hydrogen) atoms. The van der Waals surface area contributed by atoms with Gasteiger partial charge < -0.3 is 5.11 Å². The zero-order chi connectivity index (χ0) is 13.5. The van der Waals surface area contributed by atoms with Crippen LogP contribution in [0.25, 0.3) is 6.08 Å². The molecule has 0 aromatic heterocycles. The van der Waals surface area contributed by atoms with Gasteiger partial charge in [0.15, 0.2) is 0 Å². The van der Waals surface area contributed by atoms with E-state index in [0.29, 0.717) is 0 Å². The molecule has 0 saturated carbocycles. The molecule has 1 N–H and O–H groups in total. The average Bonchev–Trinajstić information content (AvgIpc) is 2.45. The molecule has 0 heterocycles. The van der Waals surface area contributed by atoms with Gasteiger partial charge >= 0.3 is 0 Å². The topological polar surface area (TPSA) is 20.2 Å². The number of aryl methyl sites for hydroxylation is 1. The van der Waals surface area contributed by atoms with Crippen LogP contribution in [0.4, 0.5) is 0 Å². The van der Waals surface area contributed by atoms with E-state index in [0.717, 1.165) is 16.7 Å². The fourth-order valence-electron chi connectivity index (χ4n) is 1.78. The van der Waals surface area contributed by atoms with E-state index in [2.05, 4.69) is 24.8 Å². The van der Waals surface area contributed by atoms with Crippen molar-refractivity contribution < 1.29 is 5.11 Å². The van der Waals surface area contributed by atoms with E-state index >= 15 is 0 Å². The van der Waals surface area contributed by atoms with E-state index in [4.69, 9.17) is 5.11 Å². The standard InChI is InChI=1S/C18H16O/c1-15-7-2-3-8-16(15)12-13-18-10-5-4-9-17(18)11-6-14-19/h2-11,19H,14H2,1H3. The molecular weight excluding hydrogens is 232 g/mol. The largest absolute Gasteiger partial charge is 0.392 e. The lowest BCUT2D eigenvalue weighted by Gasteiger charge is -1.98. The summed E-state index contributed by atoms with van der Waals surface area (Å²) in [6, 6.07) is 16.0. The Balaban J connectivity index is 2.35. The van der Waals surface area contributed by atoms with Crippen LogP contribution in [0.1, 0.15) is 22.3 Å². The molecular formula is C18H16O. The minimum Gasteiger partial charge on any atom is -0.392 e. The molecule has 0 aliphatic carbocycles. The minimum absolute atomic E-state index is 0.0412. The Hall–Kier alpha value is -2.30. The van der Waals surface area contributed by atoms with Gasteiger partial charge in [-0.2, -0.15) is 0 Å². The second-order valence-electron chi connectivity index (χ2n) is 4.24. The molecule has 2 aromatic rings. The van der Waals surface area contributed by atoms with Gasteiger partial charge in [-0.25, -0.2) is 0 Å². The zero-order valence-electron chi connectivity index (χ0n) is 10.9. The maximum Gasteiger partial charge on any atom is 0.0615 e. The number of aliphatic hydroxyl groups is 1. The van der Waals surface area contributed by atoms with Crippen LogP contribution < -0.4 is 0 Å².